The molecule has 0 aromatic rings. The van der Waals surface area contributed by atoms with Gasteiger partial charge in [0.15, 0.2) is 6.29 Å². The molecular weight excluding hydrogens is 1210 g/mol. The fourth-order valence-corrected chi connectivity index (χ4v) is 12.3. The van der Waals surface area contributed by atoms with Gasteiger partial charge >= 0.3 is 0 Å². The zero-order chi connectivity index (χ0) is 66.9. The van der Waals surface area contributed by atoms with E-state index in [0.717, 1.165) is 19.8 Å². The van der Waals surface area contributed by atoms with Crippen LogP contribution in [0.2, 0.25) is 12.1 Å². The second kappa shape index (κ2) is 44.9. The molecule has 4 heterocycles. The van der Waals surface area contributed by atoms with Crippen LogP contribution in [0.25, 0.3) is 0 Å². The van der Waals surface area contributed by atoms with Crippen LogP contribution in [0.5, 0.6) is 0 Å². The number of ether oxygens (including phenoxy) is 11. The van der Waals surface area contributed by atoms with Crippen molar-refractivity contribution in [1.82, 2.24) is 24.6 Å². The molecule has 5 aliphatic rings. The number of carbonyl (C=O) groups excluding carboxylic acids is 2. The molecule has 1 amide bonds. The van der Waals surface area contributed by atoms with Crippen LogP contribution in [0.3, 0.4) is 0 Å². The van der Waals surface area contributed by atoms with Gasteiger partial charge in [-0.2, -0.15) is 0 Å². The number of morpholine rings is 1. The molecule has 1 aliphatic carbocycles. The summed E-state index contributed by atoms with van der Waals surface area (Å²) in [7, 11) is 36.1. The summed E-state index contributed by atoms with van der Waals surface area (Å²) < 4.78 is 117. The van der Waals surface area contributed by atoms with E-state index in [1.165, 1.54) is 26.0 Å². The number of hydrogen-bond donors (Lipinski definition) is 3. The molecule has 12 radical (unpaired) electrons. The van der Waals surface area contributed by atoms with Gasteiger partial charge in [0.1, 0.15) is 69.2 Å². The van der Waals surface area contributed by atoms with Crippen LogP contribution >= 0.6 is 29.8 Å². The van der Waals surface area contributed by atoms with Crippen molar-refractivity contribution in [3.05, 3.63) is 12.2 Å². The third-order valence-electron chi connectivity index (χ3n) is 12.9. The van der Waals surface area contributed by atoms with Gasteiger partial charge in [-0.3, -0.25) is 19.2 Å². The van der Waals surface area contributed by atoms with E-state index in [-0.39, 0.29) is 94.2 Å². The Balaban J connectivity index is 0.00000103. The van der Waals surface area contributed by atoms with Crippen molar-refractivity contribution in [1.29, 1.82) is 0 Å². The van der Waals surface area contributed by atoms with Crippen LogP contribution in [-0.4, -0.2) is 328 Å². The number of allylic oxidation sites excluding steroid dienone is 1. The number of rotatable bonds is 28. The van der Waals surface area contributed by atoms with E-state index in [9.17, 15) is 37.6 Å². The number of aliphatic hydroxyl groups excluding tert-OH is 1. The van der Waals surface area contributed by atoms with Crippen LogP contribution in [0, 0.1) is 5.92 Å². The molecule has 0 spiro atoms. The molecule has 87 heavy (non-hydrogen) atoms. The van der Waals surface area contributed by atoms with Crippen molar-refractivity contribution in [3.63, 3.8) is 0 Å². The molecule has 0 bridgehead atoms. The Morgan fingerprint density at radius 2 is 1.32 bits per heavy atom. The molecule has 494 valence electrons. The van der Waals surface area contributed by atoms with Gasteiger partial charge in [0.2, 0.25) is 13.4 Å². The van der Waals surface area contributed by atoms with Gasteiger partial charge in [-0.15, -0.1) is 0 Å². The van der Waals surface area contributed by atoms with Crippen molar-refractivity contribution < 1.29 is 104 Å². The maximum absolute atomic E-state index is 12.4. The molecule has 19 atom stereocenters. The van der Waals surface area contributed by atoms with E-state index in [0.29, 0.717) is 71.2 Å². The summed E-state index contributed by atoms with van der Waals surface area (Å²) in [6, 6.07) is -2.25. The van der Waals surface area contributed by atoms with Crippen LogP contribution in [-0.2, 0) is 89.0 Å². The first kappa shape index (κ1) is 86.5. The van der Waals surface area contributed by atoms with Crippen molar-refractivity contribution in [2.75, 3.05) is 163 Å². The Morgan fingerprint density at radius 1 is 0.747 bits per heavy atom. The number of ketones is 1. The summed E-state index contributed by atoms with van der Waals surface area (Å²) in [5.74, 6) is 0.284. The molecular formula is C49H97B7N5O22P4-3. The molecule has 4 saturated heterocycles. The monoisotopic (exact) mass is 1310 g/mol. The van der Waals surface area contributed by atoms with E-state index in [2.05, 4.69) is 16.5 Å². The Kier molecular flexibility index (Phi) is 44.7. The maximum atomic E-state index is 12.4. The van der Waals surface area contributed by atoms with Gasteiger partial charge in [-0.25, -0.2) is 9.34 Å². The lowest BCUT2D eigenvalue weighted by Crippen LogP contribution is -2.48. The van der Waals surface area contributed by atoms with E-state index < -0.39 is 72.4 Å². The summed E-state index contributed by atoms with van der Waals surface area (Å²) in [5.41, 5.74) is 0. The number of nitrogens with one attached hydrogen (secondary N) is 2. The van der Waals surface area contributed by atoms with E-state index in [1.54, 1.807) is 67.6 Å². The van der Waals surface area contributed by atoms with Crippen LogP contribution < -0.4 is 20.2 Å². The van der Waals surface area contributed by atoms with E-state index in [4.69, 9.17) is 113 Å². The topological polar surface area (TPSA) is 323 Å². The number of aliphatic hydroxyl groups is 1. The Labute approximate surface area is 527 Å². The quantitative estimate of drug-likeness (QED) is 0.0329. The first-order chi connectivity index (χ1) is 40.5. The molecule has 4 aliphatic heterocycles. The zero-order valence-corrected chi connectivity index (χ0v) is 56.3. The average molecular weight is 1310 g/mol. The molecule has 0 aromatic carbocycles. The number of methoxy groups -OCH3 is 6. The van der Waals surface area contributed by atoms with Crippen molar-refractivity contribution in [2.45, 2.75) is 124 Å². The Morgan fingerprint density at radius 3 is 1.82 bits per heavy atom. The van der Waals surface area contributed by atoms with Gasteiger partial charge in [0, 0.05) is 132 Å². The highest BCUT2D eigenvalue weighted by Crippen LogP contribution is 2.48. The lowest BCUT2D eigenvalue weighted by molar-refractivity contribution is -0.205. The number of hydrogen-bond acceptors (Lipinski definition) is 23. The van der Waals surface area contributed by atoms with Crippen molar-refractivity contribution >= 4 is 96.1 Å². The summed E-state index contributed by atoms with van der Waals surface area (Å²) in [5, 5.41) is 14.1. The molecule has 38 heteroatoms. The lowest BCUT2D eigenvalue weighted by atomic mass is 9.75. The molecule has 4 fully saturated rings. The van der Waals surface area contributed by atoms with Gasteiger partial charge < -0.3 is 100.0 Å². The Bertz CT molecular complexity index is 2070. The normalized spacial score (nSPS) is 31.4. The van der Waals surface area contributed by atoms with Gasteiger partial charge in [0.25, 0.3) is 0 Å². The minimum atomic E-state index is -3.95. The van der Waals surface area contributed by atoms with Gasteiger partial charge in [0.05, 0.1) is 88.6 Å². The van der Waals surface area contributed by atoms with Crippen LogP contribution in [0.4, 0.5) is 0 Å². The third kappa shape index (κ3) is 37.2. The van der Waals surface area contributed by atoms with Crippen molar-refractivity contribution in [3.8, 4) is 0 Å². The largest absolute Gasteiger partial charge is 0.788 e. The molecule has 0 aromatic heterocycles. The SMILES string of the molecule is [B]C1CN(P(C)(=O)N(C)C)CC(OC)O1.[B]CC(=O)N(CCNC)CC(C)=O.[B][C@@H]1O[C@H](COC)C(OP(C)(=O)[O-])[C@@H]1OCCCO.[B][C@H]1C=CC(COC)C(OC)C1.[B][C@H]1CC(NP(C)(=O)[O-])[C@@H](COC)O1.[B][C@H]1CC(OP([BH3-])(C)=O)[C@@H](COC)O1. The highest BCUT2D eigenvalue weighted by molar-refractivity contribution is 7.82. The highest BCUT2D eigenvalue weighted by atomic mass is 31.2. The predicted octanol–water partition coefficient (Wildman–Crippen LogP) is -2.03. The fourth-order valence-electron chi connectivity index (χ4n) is 8.69. The van der Waals surface area contributed by atoms with Crippen LogP contribution in [0.15, 0.2) is 12.2 Å². The predicted molar refractivity (Wildman–Crippen MR) is 338 cm³/mol. The van der Waals surface area contributed by atoms with Gasteiger partial charge in [-0.05, 0) is 73.4 Å². The first-order valence-electron chi connectivity index (χ1n) is 27.8. The number of Topliss-reactive ketones (excluding diaryl/α,β-unsaturated/α-hetero) is 1. The average Bonchev–Trinajstić information content (AvgIpc) is 2.30. The number of likely N-dealkylation sites (N-methyl/N-ethyl adjacent to an activating group) is 1. The summed E-state index contributed by atoms with van der Waals surface area (Å²) in [4.78, 5) is 45.7. The summed E-state index contributed by atoms with van der Waals surface area (Å²) in [6.45, 7) is 11.1. The summed E-state index contributed by atoms with van der Waals surface area (Å²) >= 11 is 0. The number of amides is 1. The maximum Gasteiger partial charge on any atom is 0.214 e. The number of carbonyl (C=O) groups is 2. The van der Waals surface area contributed by atoms with Gasteiger partial charge in [-0.1, -0.05) is 18.0 Å². The smallest absolute Gasteiger partial charge is 0.214 e. The minimum absolute atomic E-state index is 0.0241. The minimum Gasteiger partial charge on any atom is -0.788 e. The second-order valence-electron chi connectivity index (χ2n) is 20.7. The molecule has 3 N–H and O–H groups in total. The molecule has 27 nitrogen and oxygen atoms in total. The first-order valence-corrected chi connectivity index (χ1v) is 35.5. The molecule has 0 saturated carbocycles. The van der Waals surface area contributed by atoms with Crippen LogP contribution in [0.1, 0.15) is 32.6 Å². The fraction of sp³-hybridized carbons (Fsp3) is 0.918. The summed E-state index contributed by atoms with van der Waals surface area (Å²) in [6.07, 6.45) is 3.50. The third-order valence-corrected chi connectivity index (χ3v) is 17.7. The molecule has 11 unspecified atom stereocenters. The zero-order valence-electron chi connectivity index (χ0n) is 52.7. The molecule has 5 rings (SSSR count). The lowest BCUT2D eigenvalue weighted by Gasteiger charge is -2.41. The Hall–Kier alpha value is -0.545. The van der Waals surface area contributed by atoms with E-state index >= 15 is 0 Å². The second-order valence-corrected chi connectivity index (χ2v) is 28.5. The van der Waals surface area contributed by atoms with E-state index in [1.807, 2.05) is 10.7 Å². The van der Waals surface area contributed by atoms with Crippen molar-refractivity contribution in [2.24, 2.45) is 5.92 Å². The standard InChI is InChI=1S/C10H20BO7P.C9H15BO2.C8H18BN2O3P.C8H15BN2O2.C7H16B2O4P.C7H15BNO4P/c1-15-6-7-8(18-19(2,13)14)9(10(11)17-7)16-5-3-4-12;1-11-6-7-3-4-8(10)5-9(7)12-2;1-10(2)15(4,12)11-5-7(9)14-8(6-11)13-3;1-7(12)6-11(4-3-10-2)8(13)5-9;1-11-4-6-5(3-7(8)12-6)13-14(2,9)10;1-12-4-6-5(3-7(8)13-6)9-14(2,10)11/h7-10,12H,3-6H2,1-2H3,(H,13,14);3-4,7-9H,5-6H2,1-2H3;7-8H,5-6H2,1-4H3;10H,3-6H2,1-2H3;5-7H,3-4H2,1-2,9H3;5-7H,3-4H2,1-2H3,(H2,9,10,11)/q;;;;-1;/p-2/t7-,8?,9+,10-;7?,8-,9?;;;5?,6-,7-,14?;5?,6-,7-/m10..11/s1. The number of nitrogens with zero attached hydrogens (tertiary/aromatic N) is 3. The highest BCUT2D eigenvalue weighted by Gasteiger charge is 2.45.